The Bertz CT molecular complexity index is 722. The van der Waals surface area contributed by atoms with Crippen LogP contribution in [0.5, 0.6) is 0 Å². The molecule has 0 saturated heterocycles. The highest BCUT2D eigenvalue weighted by Gasteiger charge is 2.10. The molecule has 0 atom stereocenters. The minimum absolute atomic E-state index is 0.0439. The van der Waals surface area contributed by atoms with Crippen molar-refractivity contribution in [1.29, 1.82) is 0 Å². The first kappa shape index (κ1) is 16.3. The number of carboxylic acids is 2. The molecule has 0 radical (unpaired) electrons. The molecule has 0 aliphatic carbocycles. The molecule has 0 unspecified atom stereocenters. The lowest BCUT2D eigenvalue weighted by Gasteiger charge is -1.97. The maximum absolute atomic E-state index is 10.3. The number of hydrogen-bond acceptors (Lipinski definition) is 5. The molecule has 6 nitrogen and oxygen atoms in total. The van der Waals surface area contributed by atoms with Crippen LogP contribution in [0.25, 0.3) is 11.1 Å². The summed E-state index contributed by atoms with van der Waals surface area (Å²) in [5.74, 6) is -2.19. The molecule has 116 valence electrons. The van der Waals surface area contributed by atoms with Crippen LogP contribution in [-0.4, -0.2) is 32.1 Å². The number of hydrogen-bond donors (Lipinski definition) is 2. The quantitative estimate of drug-likeness (QED) is 0.765. The molecule has 0 aliphatic heterocycles. The Morgan fingerprint density at radius 3 is 1.30 bits per heavy atom. The van der Waals surface area contributed by atoms with Gasteiger partial charge in [-0.05, 0) is 47.5 Å². The van der Waals surface area contributed by atoms with E-state index in [9.17, 15) is 9.59 Å². The maximum Gasteiger partial charge on any atom is 0.345 e. The number of carbonyl (C=O) groups is 2. The second kappa shape index (κ2) is 7.81. The summed E-state index contributed by atoms with van der Waals surface area (Å²) in [7, 11) is 0. The molecular weight excluding hydrogens is 316 g/mol. The van der Waals surface area contributed by atoms with Gasteiger partial charge in [0.1, 0.15) is 9.75 Å². The van der Waals surface area contributed by atoms with E-state index in [0.29, 0.717) is 0 Å². The number of carboxylic acid groups (broad SMARTS) is 2. The van der Waals surface area contributed by atoms with Crippen LogP contribution in [0.1, 0.15) is 19.3 Å². The Hall–Kier alpha value is -3.06. The molecule has 3 heterocycles. The van der Waals surface area contributed by atoms with E-state index in [1.165, 1.54) is 23.3 Å². The predicted octanol–water partition coefficient (Wildman–Crippen LogP) is 3.29. The van der Waals surface area contributed by atoms with Gasteiger partial charge in [-0.25, -0.2) is 9.59 Å². The average Bonchev–Trinajstić information content (AvgIpc) is 3.08. The molecule has 0 spiro atoms. The first-order valence-electron chi connectivity index (χ1n) is 6.45. The van der Waals surface area contributed by atoms with Crippen LogP contribution in [0.3, 0.4) is 0 Å². The van der Waals surface area contributed by atoms with Crippen molar-refractivity contribution in [2.45, 2.75) is 0 Å². The average molecular weight is 328 g/mol. The van der Waals surface area contributed by atoms with E-state index in [2.05, 4.69) is 9.97 Å². The molecule has 0 fully saturated rings. The predicted molar refractivity (Wildman–Crippen MR) is 85.7 cm³/mol. The topological polar surface area (TPSA) is 100 Å². The van der Waals surface area contributed by atoms with Crippen molar-refractivity contribution in [3.8, 4) is 11.1 Å². The van der Waals surface area contributed by atoms with Crippen LogP contribution in [0.2, 0.25) is 0 Å². The molecule has 3 rings (SSSR count). The van der Waals surface area contributed by atoms with E-state index in [1.807, 2.05) is 24.3 Å². The summed E-state index contributed by atoms with van der Waals surface area (Å²) in [4.78, 5) is 28.5. The Morgan fingerprint density at radius 1 is 0.696 bits per heavy atom. The van der Waals surface area contributed by atoms with Gasteiger partial charge in [-0.1, -0.05) is 0 Å². The van der Waals surface area contributed by atoms with Crippen LogP contribution in [0, 0.1) is 0 Å². The normalized spacial score (nSPS) is 9.57. The molecular formula is C16H12N2O4S. The van der Waals surface area contributed by atoms with Gasteiger partial charge in [0.25, 0.3) is 0 Å². The lowest BCUT2D eigenvalue weighted by Crippen LogP contribution is -1.91. The number of pyridine rings is 2. The van der Waals surface area contributed by atoms with Crippen LogP contribution in [0.15, 0.2) is 61.2 Å². The Morgan fingerprint density at radius 2 is 1.04 bits per heavy atom. The summed E-state index contributed by atoms with van der Waals surface area (Å²) in [6, 6.07) is 10.5. The Balaban J connectivity index is 0.000000168. The Kier molecular flexibility index (Phi) is 5.54. The van der Waals surface area contributed by atoms with Crippen molar-refractivity contribution in [1.82, 2.24) is 9.97 Å². The minimum Gasteiger partial charge on any atom is -0.477 e. The first-order valence-corrected chi connectivity index (χ1v) is 7.26. The van der Waals surface area contributed by atoms with Crippen molar-refractivity contribution in [3.63, 3.8) is 0 Å². The van der Waals surface area contributed by atoms with Crippen molar-refractivity contribution in [2.75, 3.05) is 0 Å². The number of aromatic carboxylic acids is 2. The van der Waals surface area contributed by atoms with Gasteiger partial charge in [0, 0.05) is 24.8 Å². The van der Waals surface area contributed by atoms with Gasteiger partial charge in [-0.3, -0.25) is 9.97 Å². The van der Waals surface area contributed by atoms with Gasteiger partial charge in [0.05, 0.1) is 0 Å². The second-order valence-corrected chi connectivity index (χ2v) is 5.33. The lowest BCUT2D eigenvalue weighted by molar-refractivity contribution is 0.0693. The highest BCUT2D eigenvalue weighted by molar-refractivity contribution is 7.15. The fourth-order valence-electron chi connectivity index (χ4n) is 1.66. The number of nitrogens with zero attached hydrogens (tertiary/aromatic N) is 2. The fraction of sp³-hybridized carbons (Fsp3) is 0. The summed E-state index contributed by atoms with van der Waals surface area (Å²) in [5, 5.41) is 16.8. The fourth-order valence-corrected chi connectivity index (χ4v) is 2.34. The van der Waals surface area contributed by atoms with Gasteiger partial charge in [0.15, 0.2) is 0 Å². The SMILES string of the molecule is O=C(O)c1ccc(C(=O)O)s1.c1cc(-c2ccncc2)ccn1. The van der Waals surface area contributed by atoms with Gasteiger partial charge in [0.2, 0.25) is 0 Å². The van der Waals surface area contributed by atoms with Crippen molar-refractivity contribution in [2.24, 2.45) is 0 Å². The van der Waals surface area contributed by atoms with Crippen LogP contribution >= 0.6 is 11.3 Å². The summed E-state index contributed by atoms with van der Waals surface area (Å²) >= 11 is 0.750. The van der Waals surface area contributed by atoms with Crippen LogP contribution < -0.4 is 0 Å². The third-order valence-corrected chi connectivity index (χ3v) is 3.78. The summed E-state index contributed by atoms with van der Waals surface area (Å²) in [5.41, 5.74) is 2.35. The first-order chi connectivity index (χ1) is 11.1. The van der Waals surface area contributed by atoms with Gasteiger partial charge in [-0.15, -0.1) is 11.3 Å². The number of rotatable bonds is 3. The van der Waals surface area contributed by atoms with Crippen LogP contribution in [-0.2, 0) is 0 Å². The second-order valence-electron chi connectivity index (χ2n) is 4.25. The van der Waals surface area contributed by atoms with E-state index in [0.717, 1.165) is 11.3 Å². The molecule has 3 aromatic rings. The lowest BCUT2D eigenvalue weighted by atomic mass is 10.1. The van der Waals surface area contributed by atoms with Crippen molar-refractivity contribution in [3.05, 3.63) is 70.9 Å². The van der Waals surface area contributed by atoms with E-state index in [4.69, 9.17) is 10.2 Å². The third-order valence-electron chi connectivity index (χ3n) is 2.72. The standard InChI is InChI=1S/C10H8N2.C6H4O4S/c1-5-11-6-2-9(1)10-3-7-12-8-4-10;7-5(8)3-1-2-4(11-3)6(9)10/h1-8H;1-2H,(H,7,8)(H,9,10). The van der Waals surface area contributed by atoms with E-state index < -0.39 is 11.9 Å². The summed E-state index contributed by atoms with van der Waals surface area (Å²) in [6.07, 6.45) is 7.15. The highest BCUT2D eigenvalue weighted by Crippen LogP contribution is 2.16. The largest absolute Gasteiger partial charge is 0.477 e. The van der Waals surface area contributed by atoms with Gasteiger partial charge < -0.3 is 10.2 Å². The van der Waals surface area contributed by atoms with E-state index in [-0.39, 0.29) is 9.75 Å². The molecule has 0 aliphatic rings. The zero-order valence-corrected chi connectivity index (χ0v) is 12.6. The highest BCUT2D eigenvalue weighted by atomic mass is 32.1. The van der Waals surface area contributed by atoms with Crippen molar-refractivity contribution < 1.29 is 19.8 Å². The van der Waals surface area contributed by atoms with E-state index >= 15 is 0 Å². The molecule has 0 bridgehead atoms. The number of aromatic nitrogens is 2. The molecule has 0 saturated carbocycles. The van der Waals surface area contributed by atoms with Gasteiger partial charge in [-0.2, -0.15) is 0 Å². The monoisotopic (exact) mass is 328 g/mol. The molecule has 23 heavy (non-hydrogen) atoms. The smallest absolute Gasteiger partial charge is 0.345 e. The zero-order valence-electron chi connectivity index (χ0n) is 11.8. The minimum atomic E-state index is -1.09. The van der Waals surface area contributed by atoms with Crippen molar-refractivity contribution >= 4 is 23.3 Å². The molecule has 7 heteroatoms. The van der Waals surface area contributed by atoms with Gasteiger partial charge >= 0.3 is 11.9 Å². The zero-order chi connectivity index (χ0) is 16.7. The maximum atomic E-state index is 10.3. The van der Waals surface area contributed by atoms with Crippen LogP contribution in [0.4, 0.5) is 0 Å². The Labute approximate surface area is 135 Å². The summed E-state index contributed by atoms with van der Waals surface area (Å²) < 4.78 is 0. The summed E-state index contributed by atoms with van der Waals surface area (Å²) in [6.45, 7) is 0. The third kappa shape index (κ3) is 4.72. The molecule has 3 aromatic heterocycles. The van der Waals surface area contributed by atoms with E-state index in [1.54, 1.807) is 24.8 Å². The number of thiophene rings is 1. The molecule has 0 amide bonds. The molecule has 0 aromatic carbocycles. The molecule has 2 N–H and O–H groups in total.